The fraction of sp³-hybridized carbons (Fsp3) is 0.158. The molecule has 1 aliphatic heterocycles. The number of aromatic nitrogens is 1. The lowest BCUT2D eigenvalue weighted by Crippen LogP contribution is -2.32. The van der Waals surface area contributed by atoms with Gasteiger partial charge < -0.3 is 10.3 Å². The van der Waals surface area contributed by atoms with Crippen LogP contribution in [0.2, 0.25) is 5.02 Å². The van der Waals surface area contributed by atoms with E-state index in [1.165, 1.54) is 18.2 Å². The third kappa shape index (κ3) is 3.04. The smallest absolute Gasteiger partial charge is 0.325 e. The second-order valence-electron chi connectivity index (χ2n) is 6.32. The molecule has 0 bridgehead atoms. The largest absolute Gasteiger partial charge is 0.360 e. The summed E-state index contributed by atoms with van der Waals surface area (Å²) in [5, 5.41) is 3.27. The number of imide groups is 1. The number of hydrogen-bond donors (Lipinski definition) is 2. The van der Waals surface area contributed by atoms with E-state index < -0.39 is 29.6 Å². The maximum absolute atomic E-state index is 13.8. The van der Waals surface area contributed by atoms with E-state index in [4.69, 9.17) is 11.6 Å². The van der Waals surface area contributed by atoms with Crippen molar-refractivity contribution in [2.24, 2.45) is 0 Å². The van der Waals surface area contributed by atoms with Crippen molar-refractivity contribution in [2.45, 2.75) is 19.0 Å². The molecule has 1 fully saturated rings. The summed E-state index contributed by atoms with van der Waals surface area (Å²) in [5.41, 5.74) is 1.42. The first kappa shape index (κ1) is 17.5. The predicted molar refractivity (Wildman–Crippen MR) is 96.2 cm³/mol. The predicted octanol–water partition coefficient (Wildman–Crippen LogP) is 3.76. The Kier molecular flexibility index (Phi) is 4.31. The van der Waals surface area contributed by atoms with Gasteiger partial charge in [0, 0.05) is 23.6 Å². The number of urea groups is 1. The fourth-order valence-electron chi connectivity index (χ4n) is 3.25. The summed E-state index contributed by atoms with van der Waals surface area (Å²) in [6.45, 7) is -0.140. The van der Waals surface area contributed by atoms with Gasteiger partial charge >= 0.3 is 6.03 Å². The molecular weight excluding hydrogens is 376 g/mol. The molecule has 1 aliphatic rings. The van der Waals surface area contributed by atoms with Gasteiger partial charge in [0.2, 0.25) is 0 Å². The van der Waals surface area contributed by atoms with Crippen LogP contribution in [-0.2, 0) is 17.8 Å². The highest BCUT2D eigenvalue weighted by molar-refractivity contribution is 6.35. The zero-order valence-corrected chi connectivity index (χ0v) is 14.7. The number of hydrogen-bond acceptors (Lipinski definition) is 2. The summed E-state index contributed by atoms with van der Waals surface area (Å²) in [4.78, 5) is 28.7. The Balaban J connectivity index is 1.56. The highest BCUT2D eigenvalue weighted by Crippen LogP contribution is 2.29. The summed E-state index contributed by atoms with van der Waals surface area (Å²) in [6, 6.07) is 7.45. The lowest BCUT2D eigenvalue weighted by Gasteiger charge is -2.13. The molecule has 3 amide bonds. The van der Waals surface area contributed by atoms with Crippen molar-refractivity contribution < 1.29 is 18.4 Å². The Hall–Kier alpha value is -2.93. The van der Waals surface area contributed by atoms with Gasteiger partial charge in [-0.1, -0.05) is 29.8 Å². The first-order valence-electron chi connectivity index (χ1n) is 8.25. The Bertz CT molecular complexity index is 1070. The average molecular weight is 390 g/mol. The van der Waals surface area contributed by atoms with Crippen LogP contribution >= 0.6 is 11.6 Å². The number of fused-ring (bicyclic) bond motifs is 1. The minimum atomic E-state index is -0.785. The van der Waals surface area contributed by atoms with Crippen LogP contribution in [-0.4, -0.2) is 27.9 Å². The monoisotopic (exact) mass is 389 g/mol. The third-order valence-electron chi connectivity index (χ3n) is 4.65. The van der Waals surface area contributed by atoms with Crippen LogP contribution < -0.4 is 5.32 Å². The van der Waals surface area contributed by atoms with Crippen LogP contribution in [0.1, 0.15) is 11.1 Å². The van der Waals surface area contributed by atoms with Gasteiger partial charge in [0.25, 0.3) is 5.91 Å². The molecule has 5 nitrogen and oxygen atoms in total. The number of rotatable bonds is 4. The average Bonchev–Trinajstić information content (AvgIpc) is 3.17. The molecule has 2 heterocycles. The van der Waals surface area contributed by atoms with E-state index in [2.05, 4.69) is 10.3 Å². The second kappa shape index (κ2) is 6.66. The van der Waals surface area contributed by atoms with Crippen molar-refractivity contribution in [1.29, 1.82) is 0 Å². The molecule has 4 rings (SSSR count). The number of nitrogens with one attached hydrogen (secondary N) is 2. The van der Waals surface area contributed by atoms with Crippen molar-refractivity contribution in [3.63, 3.8) is 0 Å². The molecule has 0 radical (unpaired) electrons. The minimum Gasteiger partial charge on any atom is -0.360 e. The second-order valence-corrected chi connectivity index (χ2v) is 6.70. The van der Waals surface area contributed by atoms with E-state index in [0.29, 0.717) is 10.9 Å². The quantitative estimate of drug-likeness (QED) is 0.667. The number of carbonyl (C=O) groups is 2. The lowest BCUT2D eigenvalue weighted by atomic mass is 10.0. The number of aromatic amines is 1. The number of carbonyl (C=O) groups excluding carboxylic acids is 2. The van der Waals surface area contributed by atoms with E-state index in [1.54, 1.807) is 24.4 Å². The molecule has 2 N–H and O–H groups in total. The van der Waals surface area contributed by atoms with Gasteiger partial charge in [-0.05, 0) is 23.8 Å². The molecule has 27 heavy (non-hydrogen) atoms. The molecule has 1 atom stereocenters. The molecule has 0 aliphatic carbocycles. The van der Waals surface area contributed by atoms with Gasteiger partial charge in [-0.25, -0.2) is 13.6 Å². The first-order chi connectivity index (χ1) is 13.0. The topological polar surface area (TPSA) is 65.2 Å². The molecule has 2 aromatic carbocycles. The Morgan fingerprint density at radius 3 is 2.59 bits per heavy atom. The van der Waals surface area contributed by atoms with Crippen molar-refractivity contribution in [2.75, 3.05) is 0 Å². The van der Waals surface area contributed by atoms with Crippen LogP contribution in [0.3, 0.4) is 0 Å². The van der Waals surface area contributed by atoms with Gasteiger partial charge in [0.15, 0.2) is 0 Å². The van der Waals surface area contributed by atoms with Crippen LogP contribution in [0.5, 0.6) is 0 Å². The minimum absolute atomic E-state index is 0.0262. The van der Waals surface area contributed by atoms with Gasteiger partial charge in [0.05, 0.1) is 12.1 Å². The molecule has 138 valence electrons. The van der Waals surface area contributed by atoms with Crippen molar-refractivity contribution in [1.82, 2.24) is 15.2 Å². The molecule has 8 heteroatoms. The van der Waals surface area contributed by atoms with Gasteiger partial charge in [-0.2, -0.15) is 0 Å². The summed E-state index contributed by atoms with van der Waals surface area (Å²) >= 11 is 5.95. The molecule has 1 saturated heterocycles. The summed E-state index contributed by atoms with van der Waals surface area (Å²) in [6.07, 6.45) is 1.84. The van der Waals surface area contributed by atoms with Crippen LogP contribution in [0.4, 0.5) is 13.6 Å². The van der Waals surface area contributed by atoms with E-state index in [1.807, 2.05) is 0 Å². The van der Waals surface area contributed by atoms with Crippen LogP contribution in [0.25, 0.3) is 10.9 Å². The molecule has 3 aromatic rings. The molecule has 1 unspecified atom stereocenters. The lowest BCUT2D eigenvalue weighted by molar-refractivity contribution is -0.127. The van der Waals surface area contributed by atoms with Gasteiger partial charge in [-0.15, -0.1) is 0 Å². The summed E-state index contributed by atoms with van der Waals surface area (Å²) < 4.78 is 27.4. The van der Waals surface area contributed by atoms with E-state index in [0.717, 1.165) is 10.5 Å². The third-order valence-corrected chi connectivity index (χ3v) is 5.02. The van der Waals surface area contributed by atoms with Crippen LogP contribution in [0, 0.1) is 11.6 Å². The van der Waals surface area contributed by atoms with Crippen molar-refractivity contribution >= 4 is 34.4 Å². The van der Waals surface area contributed by atoms with Gasteiger partial charge in [0.1, 0.15) is 22.7 Å². The number of halogens is 3. The van der Waals surface area contributed by atoms with Crippen molar-refractivity contribution in [3.8, 4) is 0 Å². The number of H-pyrrole nitrogens is 1. The highest BCUT2D eigenvalue weighted by Gasteiger charge is 2.38. The number of nitrogens with zero attached hydrogens (tertiary/aromatic N) is 1. The fourth-order valence-corrected chi connectivity index (χ4v) is 3.47. The zero-order chi connectivity index (χ0) is 19.1. The van der Waals surface area contributed by atoms with E-state index >= 15 is 0 Å². The maximum Gasteiger partial charge on any atom is 0.325 e. The van der Waals surface area contributed by atoms with E-state index in [-0.39, 0.29) is 23.6 Å². The van der Waals surface area contributed by atoms with Crippen molar-refractivity contribution in [3.05, 3.63) is 70.4 Å². The zero-order valence-electron chi connectivity index (χ0n) is 13.9. The standard InChI is InChI=1S/C19H14ClF2N3O2/c20-16-14(22)6-5-12-11(8-23-17(12)16)7-15-18(26)25(19(27)24-15)9-10-3-1-2-4-13(10)21/h1-6,8,15,23H,7,9H2,(H,24,27). The number of amides is 3. The SMILES string of the molecule is O=C1NC(Cc2c[nH]c3c(Cl)c(F)ccc23)C(=O)N1Cc1ccccc1F. The molecule has 0 spiro atoms. The Morgan fingerprint density at radius 1 is 1.04 bits per heavy atom. The summed E-state index contributed by atoms with van der Waals surface area (Å²) in [5.74, 6) is -1.46. The van der Waals surface area contributed by atoms with Gasteiger partial charge in [-0.3, -0.25) is 9.69 Å². The molecular formula is C19H14ClF2N3O2. The Morgan fingerprint density at radius 2 is 1.81 bits per heavy atom. The molecule has 0 saturated carbocycles. The summed E-state index contributed by atoms with van der Waals surface area (Å²) in [7, 11) is 0. The normalized spacial score (nSPS) is 17.0. The Labute approximate surface area is 157 Å². The highest BCUT2D eigenvalue weighted by atomic mass is 35.5. The maximum atomic E-state index is 13.8. The number of benzene rings is 2. The van der Waals surface area contributed by atoms with E-state index in [9.17, 15) is 18.4 Å². The van der Waals surface area contributed by atoms with Crippen LogP contribution in [0.15, 0.2) is 42.6 Å². The first-order valence-corrected chi connectivity index (χ1v) is 8.62. The molecule has 1 aromatic heterocycles.